The smallest absolute Gasteiger partial charge is 0.322 e. The second kappa shape index (κ2) is 7.18. The molecule has 0 atom stereocenters. The lowest BCUT2D eigenvalue weighted by Crippen LogP contribution is -2.31. The van der Waals surface area contributed by atoms with Crippen LogP contribution in [-0.2, 0) is 6.54 Å². The maximum absolute atomic E-state index is 12.4. The first kappa shape index (κ1) is 17.3. The lowest BCUT2D eigenvalue weighted by molar-refractivity contribution is -0.384. The first-order valence-electron chi connectivity index (χ1n) is 7.71. The zero-order valence-electron chi connectivity index (χ0n) is 14.2. The SMILES string of the molecule is COc1ccc(NC(=O)N(C)Cc2ccc3c(c2)OCO3)c([N+](=O)[O-])c1. The second-order valence-corrected chi connectivity index (χ2v) is 5.61. The van der Waals surface area contributed by atoms with Gasteiger partial charge in [-0.25, -0.2) is 4.79 Å². The van der Waals surface area contributed by atoms with Crippen molar-refractivity contribution in [3.63, 3.8) is 0 Å². The summed E-state index contributed by atoms with van der Waals surface area (Å²) in [6, 6.07) is 9.15. The third-order valence-corrected chi connectivity index (χ3v) is 3.85. The van der Waals surface area contributed by atoms with Crippen molar-refractivity contribution in [1.82, 2.24) is 4.90 Å². The number of ether oxygens (including phenoxy) is 3. The summed E-state index contributed by atoms with van der Waals surface area (Å²) in [6.45, 7) is 0.475. The average Bonchev–Trinajstić information content (AvgIpc) is 3.09. The van der Waals surface area contributed by atoms with Crippen LogP contribution in [0.4, 0.5) is 16.2 Å². The van der Waals surface area contributed by atoms with E-state index in [0.29, 0.717) is 23.8 Å². The van der Waals surface area contributed by atoms with Crippen LogP contribution in [0.25, 0.3) is 0 Å². The van der Waals surface area contributed by atoms with Crippen LogP contribution >= 0.6 is 0 Å². The third-order valence-electron chi connectivity index (χ3n) is 3.85. The van der Waals surface area contributed by atoms with E-state index in [1.165, 1.54) is 24.1 Å². The first-order valence-corrected chi connectivity index (χ1v) is 7.71. The summed E-state index contributed by atoms with van der Waals surface area (Å²) >= 11 is 0. The number of urea groups is 1. The van der Waals surface area contributed by atoms with Gasteiger partial charge in [-0.1, -0.05) is 6.07 Å². The second-order valence-electron chi connectivity index (χ2n) is 5.61. The molecule has 1 N–H and O–H groups in total. The molecule has 9 heteroatoms. The lowest BCUT2D eigenvalue weighted by Gasteiger charge is -2.18. The number of hydrogen-bond acceptors (Lipinski definition) is 6. The molecule has 0 aliphatic carbocycles. The number of nitrogens with zero attached hydrogens (tertiary/aromatic N) is 2. The molecule has 2 amide bonds. The van der Waals surface area contributed by atoms with Gasteiger partial charge in [0.2, 0.25) is 6.79 Å². The number of benzene rings is 2. The van der Waals surface area contributed by atoms with Gasteiger partial charge in [0, 0.05) is 13.6 Å². The fourth-order valence-corrected chi connectivity index (χ4v) is 2.49. The molecule has 9 nitrogen and oxygen atoms in total. The van der Waals surface area contributed by atoms with Gasteiger partial charge in [0.25, 0.3) is 5.69 Å². The molecule has 0 bridgehead atoms. The summed E-state index contributed by atoms with van der Waals surface area (Å²) in [5, 5.41) is 13.7. The predicted molar refractivity (Wildman–Crippen MR) is 92.7 cm³/mol. The van der Waals surface area contributed by atoms with E-state index in [9.17, 15) is 14.9 Å². The van der Waals surface area contributed by atoms with Gasteiger partial charge in [-0.05, 0) is 29.8 Å². The summed E-state index contributed by atoms with van der Waals surface area (Å²) in [5.41, 5.74) is 0.698. The molecule has 0 radical (unpaired) electrons. The topological polar surface area (TPSA) is 103 Å². The number of nitrogens with one attached hydrogen (secondary N) is 1. The van der Waals surface area contributed by atoms with E-state index in [1.54, 1.807) is 25.2 Å². The largest absolute Gasteiger partial charge is 0.496 e. The Bertz CT molecular complexity index is 854. The van der Waals surface area contributed by atoms with Crippen molar-refractivity contribution < 1.29 is 23.9 Å². The fraction of sp³-hybridized carbons (Fsp3) is 0.235. The standard InChI is InChI=1S/C17H17N3O6/c1-19(9-11-3-6-15-16(7-11)26-10-25-15)17(21)18-13-5-4-12(24-2)8-14(13)20(22)23/h3-8H,9-10H2,1-2H3,(H,18,21). The molecule has 2 aromatic carbocycles. The minimum absolute atomic E-state index is 0.0957. The Hall–Kier alpha value is -3.49. The van der Waals surface area contributed by atoms with Gasteiger partial charge in [0.05, 0.1) is 18.1 Å². The summed E-state index contributed by atoms with van der Waals surface area (Å²) in [6.07, 6.45) is 0. The predicted octanol–water partition coefficient (Wildman–Crippen LogP) is 3.00. The molecule has 2 aromatic rings. The van der Waals surface area contributed by atoms with Crippen LogP contribution in [0.3, 0.4) is 0 Å². The highest BCUT2D eigenvalue weighted by Gasteiger charge is 2.20. The third kappa shape index (κ3) is 3.61. The average molecular weight is 359 g/mol. The van der Waals surface area contributed by atoms with E-state index in [2.05, 4.69) is 5.32 Å². The molecule has 1 aliphatic rings. The zero-order valence-corrected chi connectivity index (χ0v) is 14.2. The molecule has 0 saturated carbocycles. The molecule has 26 heavy (non-hydrogen) atoms. The number of fused-ring (bicyclic) bond motifs is 1. The Balaban J connectivity index is 1.70. The number of nitro benzene ring substituents is 1. The van der Waals surface area contributed by atoms with E-state index >= 15 is 0 Å². The van der Waals surface area contributed by atoms with E-state index in [0.717, 1.165) is 5.56 Å². The molecule has 1 aliphatic heterocycles. The minimum atomic E-state index is -0.573. The Kier molecular flexibility index (Phi) is 4.78. The van der Waals surface area contributed by atoms with Crippen LogP contribution in [0.15, 0.2) is 36.4 Å². The van der Waals surface area contributed by atoms with Crippen molar-refractivity contribution in [3.05, 3.63) is 52.1 Å². The van der Waals surface area contributed by atoms with E-state index < -0.39 is 11.0 Å². The van der Waals surface area contributed by atoms with Crippen LogP contribution in [0.5, 0.6) is 17.2 Å². The van der Waals surface area contributed by atoms with Gasteiger partial charge in [0.15, 0.2) is 11.5 Å². The first-order chi connectivity index (χ1) is 12.5. The maximum atomic E-state index is 12.4. The Morgan fingerprint density at radius 1 is 1.27 bits per heavy atom. The molecule has 3 rings (SSSR count). The summed E-state index contributed by atoms with van der Waals surface area (Å²) < 4.78 is 15.5. The molecule has 0 aromatic heterocycles. The minimum Gasteiger partial charge on any atom is -0.496 e. The Labute approximate surface area is 149 Å². The molecule has 0 unspecified atom stereocenters. The van der Waals surface area contributed by atoms with E-state index in [1.807, 2.05) is 6.07 Å². The molecule has 1 heterocycles. The number of nitro groups is 1. The maximum Gasteiger partial charge on any atom is 0.322 e. The van der Waals surface area contributed by atoms with Gasteiger partial charge in [0.1, 0.15) is 11.4 Å². The quantitative estimate of drug-likeness (QED) is 0.650. The normalized spacial score (nSPS) is 11.8. The number of rotatable bonds is 5. The zero-order chi connectivity index (χ0) is 18.7. The van der Waals surface area contributed by atoms with Gasteiger partial charge < -0.3 is 24.4 Å². The summed E-state index contributed by atoms with van der Waals surface area (Å²) in [5.74, 6) is 1.63. The van der Waals surface area contributed by atoms with Gasteiger partial charge in [-0.15, -0.1) is 0 Å². The highest BCUT2D eigenvalue weighted by atomic mass is 16.7. The number of carbonyl (C=O) groups excluding carboxylic acids is 1. The Morgan fingerprint density at radius 2 is 2.04 bits per heavy atom. The van der Waals surface area contributed by atoms with E-state index in [4.69, 9.17) is 14.2 Å². The highest BCUT2D eigenvalue weighted by molar-refractivity contribution is 5.91. The van der Waals surface area contributed by atoms with Gasteiger partial charge in [-0.2, -0.15) is 0 Å². The fourth-order valence-electron chi connectivity index (χ4n) is 2.49. The molecular weight excluding hydrogens is 342 g/mol. The van der Waals surface area contributed by atoms with Crippen molar-refractivity contribution in [2.45, 2.75) is 6.54 Å². The molecule has 136 valence electrons. The molecule has 0 fully saturated rings. The van der Waals surface area contributed by atoms with Crippen LogP contribution in [0.2, 0.25) is 0 Å². The van der Waals surface area contributed by atoms with Crippen LogP contribution in [-0.4, -0.2) is 36.8 Å². The van der Waals surface area contributed by atoms with Crippen molar-refractivity contribution >= 4 is 17.4 Å². The van der Waals surface area contributed by atoms with Crippen LogP contribution < -0.4 is 19.5 Å². The number of hydrogen-bond donors (Lipinski definition) is 1. The summed E-state index contributed by atoms with van der Waals surface area (Å²) in [7, 11) is 3.01. The van der Waals surface area contributed by atoms with Crippen molar-refractivity contribution in [2.24, 2.45) is 0 Å². The summed E-state index contributed by atoms with van der Waals surface area (Å²) in [4.78, 5) is 24.4. The number of amides is 2. The molecule has 0 spiro atoms. The van der Waals surface area contributed by atoms with Gasteiger partial charge in [-0.3, -0.25) is 10.1 Å². The van der Waals surface area contributed by atoms with Crippen LogP contribution in [0.1, 0.15) is 5.56 Å². The van der Waals surface area contributed by atoms with Crippen molar-refractivity contribution in [2.75, 3.05) is 26.3 Å². The van der Waals surface area contributed by atoms with Crippen molar-refractivity contribution in [3.8, 4) is 17.2 Å². The molecule has 0 saturated heterocycles. The van der Waals surface area contributed by atoms with Gasteiger partial charge >= 0.3 is 6.03 Å². The number of carbonyl (C=O) groups is 1. The van der Waals surface area contributed by atoms with Crippen molar-refractivity contribution in [1.29, 1.82) is 0 Å². The number of methoxy groups -OCH3 is 1. The monoisotopic (exact) mass is 359 g/mol. The molecular formula is C17H17N3O6. The van der Waals surface area contributed by atoms with E-state index in [-0.39, 0.29) is 18.2 Å². The lowest BCUT2D eigenvalue weighted by atomic mass is 10.2. The Morgan fingerprint density at radius 3 is 2.77 bits per heavy atom. The highest BCUT2D eigenvalue weighted by Crippen LogP contribution is 2.33. The van der Waals surface area contributed by atoms with Crippen LogP contribution in [0, 0.1) is 10.1 Å². The number of anilines is 1.